The van der Waals surface area contributed by atoms with Crippen molar-refractivity contribution in [2.75, 3.05) is 0 Å². The van der Waals surface area contributed by atoms with E-state index in [1.54, 1.807) is 17.6 Å². The summed E-state index contributed by atoms with van der Waals surface area (Å²) in [6.45, 7) is 4.39. The molecule has 0 aliphatic heterocycles. The van der Waals surface area contributed by atoms with Gasteiger partial charge in [-0.1, -0.05) is 48.7 Å². The minimum absolute atomic E-state index is 0.137. The van der Waals surface area contributed by atoms with E-state index in [-0.39, 0.29) is 11.8 Å². The molecule has 0 aliphatic carbocycles. The molecule has 0 aromatic carbocycles. The van der Waals surface area contributed by atoms with E-state index in [9.17, 15) is 4.79 Å². The Morgan fingerprint density at radius 2 is 2.16 bits per heavy atom. The molecule has 1 heterocycles. The molecule has 0 spiro atoms. The first-order chi connectivity index (χ1) is 8.79. The number of nitrogens with two attached hydrogens (primary N) is 1. The van der Waals surface area contributed by atoms with Gasteiger partial charge in [-0.15, -0.1) is 0 Å². The molecule has 1 aromatic rings. The molecule has 4 nitrogen and oxygen atoms in total. The summed E-state index contributed by atoms with van der Waals surface area (Å²) < 4.78 is 3.61. The van der Waals surface area contributed by atoms with Crippen LogP contribution in [0.25, 0.3) is 0 Å². The third kappa shape index (κ3) is 6.52. The molecule has 1 aromatic heterocycles. The highest BCUT2D eigenvalue weighted by molar-refractivity contribution is 6.68. The van der Waals surface area contributed by atoms with Crippen LogP contribution in [0.5, 0.6) is 0 Å². The number of nitrogens with one attached hydrogen (secondary N) is 1. The zero-order valence-electron chi connectivity index (χ0n) is 10.8. The SMILES string of the molecule is CC(C)CC(=O)N[C@@H]([NH2+]Cc1ccco1)C(Cl)(Cl)Cl. The molecule has 0 saturated heterocycles. The van der Waals surface area contributed by atoms with Crippen LogP contribution in [-0.2, 0) is 11.3 Å². The van der Waals surface area contributed by atoms with Gasteiger partial charge in [0.15, 0.2) is 5.76 Å². The highest BCUT2D eigenvalue weighted by Gasteiger charge is 2.37. The number of rotatable bonds is 6. The van der Waals surface area contributed by atoms with E-state index in [0.717, 1.165) is 5.76 Å². The summed E-state index contributed by atoms with van der Waals surface area (Å²) in [5.74, 6) is 0.862. The van der Waals surface area contributed by atoms with Crippen LogP contribution in [0.1, 0.15) is 26.0 Å². The van der Waals surface area contributed by atoms with Crippen molar-refractivity contribution in [1.29, 1.82) is 0 Å². The molecule has 7 heteroatoms. The first kappa shape index (κ1) is 16.6. The lowest BCUT2D eigenvalue weighted by atomic mass is 10.1. The first-order valence-corrected chi connectivity index (χ1v) is 7.14. The zero-order valence-corrected chi connectivity index (χ0v) is 13.1. The van der Waals surface area contributed by atoms with E-state index < -0.39 is 9.96 Å². The highest BCUT2D eigenvalue weighted by atomic mass is 35.6. The molecule has 0 radical (unpaired) electrons. The average Bonchev–Trinajstić information content (AvgIpc) is 2.74. The molecule has 0 unspecified atom stereocenters. The molecule has 0 fully saturated rings. The number of alkyl halides is 3. The molecular formula is C12H18Cl3N2O2+. The van der Waals surface area contributed by atoms with E-state index in [4.69, 9.17) is 39.2 Å². The Morgan fingerprint density at radius 1 is 1.47 bits per heavy atom. The predicted octanol–water partition coefficient (Wildman–Crippen LogP) is 2.20. The lowest BCUT2D eigenvalue weighted by Gasteiger charge is -2.23. The van der Waals surface area contributed by atoms with Gasteiger partial charge >= 0.3 is 0 Å². The summed E-state index contributed by atoms with van der Waals surface area (Å²) in [5.41, 5.74) is 0. The van der Waals surface area contributed by atoms with Crippen molar-refractivity contribution >= 4 is 40.7 Å². The fraction of sp³-hybridized carbons (Fsp3) is 0.583. The maximum Gasteiger partial charge on any atom is 0.262 e. The molecule has 1 rings (SSSR count). The highest BCUT2D eigenvalue weighted by Crippen LogP contribution is 2.27. The van der Waals surface area contributed by atoms with Crippen LogP contribution in [0.3, 0.4) is 0 Å². The number of furan rings is 1. The van der Waals surface area contributed by atoms with Crippen LogP contribution in [0, 0.1) is 5.92 Å². The van der Waals surface area contributed by atoms with Gasteiger partial charge < -0.3 is 15.1 Å². The lowest BCUT2D eigenvalue weighted by molar-refractivity contribution is -0.708. The minimum atomic E-state index is -1.58. The van der Waals surface area contributed by atoms with Gasteiger partial charge in [0, 0.05) is 6.42 Å². The van der Waals surface area contributed by atoms with E-state index in [2.05, 4.69) is 5.32 Å². The van der Waals surface area contributed by atoms with E-state index in [1.165, 1.54) is 0 Å². The third-order valence-corrected chi connectivity index (χ3v) is 3.10. The maximum absolute atomic E-state index is 11.7. The van der Waals surface area contributed by atoms with Crippen molar-refractivity contribution in [2.45, 2.75) is 36.8 Å². The standard InChI is InChI=1S/C12H17Cl3N2O2/c1-8(2)6-10(18)17-11(12(13,14)15)16-7-9-4-3-5-19-9/h3-5,8,11,16H,6-7H2,1-2H3,(H,17,18)/p+1/t11-/m1/s1. The second kappa shape index (κ2) is 7.39. The Balaban J connectivity index is 2.55. The fourth-order valence-electron chi connectivity index (χ4n) is 1.54. The molecule has 19 heavy (non-hydrogen) atoms. The largest absolute Gasteiger partial charge is 0.463 e. The average molecular weight is 329 g/mol. The van der Waals surface area contributed by atoms with Gasteiger partial charge in [-0.3, -0.25) is 4.79 Å². The molecule has 1 atom stereocenters. The minimum Gasteiger partial charge on any atom is -0.463 e. The van der Waals surface area contributed by atoms with Crippen LogP contribution < -0.4 is 10.6 Å². The van der Waals surface area contributed by atoms with E-state index in [1.807, 2.05) is 19.9 Å². The summed E-state index contributed by atoms with van der Waals surface area (Å²) in [6.07, 6.45) is 1.31. The molecular weight excluding hydrogens is 311 g/mol. The Kier molecular flexibility index (Phi) is 6.47. The smallest absolute Gasteiger partial charge is 0.262 e. The van der Waals surface area contributed by atoms with Crippen molar-refractivity contribution < 1.29 is 14.5 Å². The molecule has 3 N–H and O–H groups in total. The lowest BCUT2D eigenvalue weighted by Crippen LogP contribution is -2.95. The molecule has 108 valence electrons. The number of hydrogen-bond acceptors (Lipinski definition) is 2. The summed E-state index contributed by atoms with van der Waals surface area (Å²) in [7, 11) is 0. The number of hydrogen-bond donors (Lipinski definition) is 2. The van der Waals surface area contributed by atoms with Crippen molar-refractivity contribution in [3.05, 3.63) is 24.2 Å². The molecule has 0 aliphatic rings. The van der Waals surface area contributed by atoms with Gasteiger partial charge in [0.25, 0.3) is 3.79 Å². The number of halogens is 3. The first-order valence-electron chi connectivity index (χ1n) is 6.01. The maximum atomic E-state index is 11.7. The second-order valence-corrected chi connectivity index (χ2v) is 7.07. The fourth-order valence-corrected chi connectivity index (χ4v) is 1.97. The van der Waals surface area contributed by atoms with Crippen molar-refractivity contribution in [3.63, 3.8) is 0 Å². The number of carbonyl (C=O) groups excluding carboxylic acids is 1. The van der Waals surface area contributed by atoms with Crippen molar-refractivity contribution in [3.8, 4) is 0 Å². The normalized spacial score (nSPS) is 13.6. The molecule has 1 amide bonds. The zero-order chi connectivity index (χ0) is 14.5. The van der Waals surface area contributed by atoms with Crippen LogP contribution in [0.4, 0.5) is 0 Å². The van der Waals surface area contributed by atoms with Crippen LogP contribution in [-0.4, -0.2) is 15.9 Å². The third-order valence-electron chi connectivity index (χ3n) is 2.40. The molecule has 0 saturated carbocycles. The summed E-state index contributed by atoms with van der Waals surface area (Å²) in [4.78, 5) is 11.7. The summed E-state index contributed by atoms with van der Waals surface area (Å²) >= 11 is 17.6. The van der Waals surface area contributed by atoms with Gasteiger partial charge in [0.2, 0.25) is 12.1 Å². The van der Waals surface area contributed by atoms with Gasteiger partial charge in [0.05, 0.1) is 6.26 Å². The van der Waals surface area contributed by atoms with Crippen molar-refractivity contribution in [1.82, 2.24) is 5.32 Å². The van der Waals surface area contributed by atoms with Crippen LogP contribution >= 0.6 is 34.8 Å². The van der Waals surface area contributed by atoms with Gasteiger partial charge in [-0.2, -0.15) is 0 Å². The second-order valence-electron chi connectivity index (χ2n) is 4.70. The predicted molar refractivity (Wildman–Crippen MR) is 76.0 cm³/mol. The van der Waals surface area contributed by atoms with Crippen LogP contribution in [0.2, 0.25) is 0 Å². The number of carbonyl (C=O) groups is 1. The Morgan fingerprint density at radius 3 is 2.63 bits per heavy atom. The van der Waals surface area contributed by atoms with Crippen molar-refractivity contribution in [2.24, 2.45) is 5.92 Å². The van der Waals surface area contributed by atoms with E-state index >= 15 is 0 Å². The van der Waals surface area contributed by atoms with Gasteiger partial charge in [-0.25, -0.2) is 0 Å². The molecule has 0 bridgehead atoms. The number of amides is 1. The van der Waals surface area contributed by atoms with Gasteiger partial charge in [0.1, 0.15) is 6.54 Å². The summed E-state index contributed by atoms with van der Waals surface area (Å²) in [5, 5.41) is 4.44. The summed E-state index contributed by atoms with van der Waals surface area (Å²) in [6, 6.07) is 3.60. The topological polar surface area (TPSA) is 58.9 Å². The van der Waals surface area contributed by atoms with Gasteiger partial charge in [-0.05, 0) is 18.1 Å². The Labute approximate surface area is 127 Å². The Bertz CT molecular complexity index is 388. The number of quaternary nitrogens is 1. The quantitative estimate of drug-likeness (QED) is 0.621. The monoisotopic (exact) mass is 327 g/mol. The Hall–Kier alpha value is -0.420. The van der Waals surface area contributed by atoms with E-state index in [0.29, 0.717) is 13.0 Å². The van der Waals surface area contributed by atoms with Crippen LogP contribution in [0.15, 0.2) is 22.8 Å².